The van der Waals surface area contributed by atoms with E-state index >= 15 is 0 Å². The quantitative estimate of drug-likeness (QED) is 0.521. The van der Waals surface area contributed by atoms with Gasteiger partial charge in [0.15, 0.2) is 5.58 Å². The van der Waals surface area contributed by atoms with Gasteiger partial charge in [-0.05, 0) is 43.7 Å². The van der Waals surface area contributed by atoms with Gasteiger partial charge in [-0.1, -0.05) is 6.92 Å². The van der Waals surface area contributed by atoms with Crippen molar-refractivity contribution in [2.45, 2.75) is 32.4 Å². The third-order valence-corrected chi connectivity index (χ3v) is 5.39. The van der Waals surface area contributed by atoms with Crippen molar-refractivity contribution in [2.24, 2.45) is 0 Å². The zero-order valence-electron chi connectivity index (χ0n) is 16.9. The minimum atomic E-state index is -0.359. The van der Waals surface area contributed by atoms with Crippen LogP contribution in [-0.2, 0) is 0 Å². The molecule has 0 radical (unpaired) electrons. The van der Waals surface area contributed by atoms with Crippen molar-refractivity contribution in [1.82, 2.24) is 14.9 Å². The number of likely N-dealkylation sites (N-methyl/N-ethyl adjacent to an activating group) is 1. The number of hydrogen-bond donors (Lipinski definition) is 4. The average molecular weight is 397 g/mol. The lowest BCUT2D eigenvalue weighted by Gasteiger charge is -2.34. The van der Waals surface area contributed by atoms with Crippen molar-refractivity contribution in [3.8, 4) is 17.0 Å². The number of oxazole rings is 1. The summed E-state index contributed by atoms with van der Waals surface area (Å²) in [6, 6.07) is 7.73. The predicted molar refractivity (Wildman–Crippen MR) is 113 cm³/mol. The molecular formula is C21H27N5O3. The van der Waals surface area contributed by atoms with E-state index in [1.807, 2.05) is 32.2 Å². The molecular weight excluding hydrogens is 370 g/mol. The van der Waals surface area contributed by atoms with Gasteiger partial charge in [-0.2, -0.15) is 4.98 Å². The Labute approximate surface area is 169 Å². The zero-order chi connectivity index (χ0) is 20.5. The standard InChI is InChI=1S/C21H27N5O3/c1-4-26-10-14(8-15(27)11-26)23-21-25-20-18(29-21)6-5-16(24-20)19-12(2)7-13(22-3)9-17(19)28/h5-7,9,14-15,22,27-28H,4,8,10-11H2,1-3H3,(H,23,24,25)/t14?,15-/m0/s1. The minimum absolute atomic E-state index is 0.0617. The molecule has 4 rings (SSSR count). The molecule has 0 amide bonds. The van der Waals surface area contributed by atoms with E-state index < -0.39 is 0 Å². The Balaban J connectivity index is 1.60. The molecule has 1 aromatic carbocycles. The number of nitrogens with zero attached hydrogens (tertiary/aromatic N) is 3. The second-order valence-electron chi connectivity index (χ2n) is 7.56. The Morgan fingerprint density at radius 3 is 2.79 bits per heavy atom. The number of β-amino-alcohol motifs (C(OH)–C–C–N with tert-alkyl or cyclic N) is 1. The van der Waals surface area contributed by atoms with Crippen molar-refractivity contribution < 1.29 is 14.6 Å². The molecule has 2 aromatic heterocycles. The Kier molecular flexibility index (Phi) is 5.29. The molecule has 1 aliphatic rings. The summed E-state index contributed by atoms with van der Waals surface area (Å²) in [4.78, 5) is 11.3. The first kappa shape index (κ1) is 19.5. The third-order valence-electron chi connectivity index (χ3n) is 5.39. The van der Waals surface area contributed by atoms with Crippen LogP contribution in [0.1, 0.15) is 18.9 Å². The number of phenols is 1. The lowest BCUT2D eigenvalue weighted by atomic mass is 10.0. The van der Waals surface area contributed by atoms with Crippen molar-refractivity contribution in [1.29, 1.82) is 0 Å². The van der Waals surface area contributed by atoms with Gasteiger partial charge in [0.25, 0.3) is 6.01 Å². The third kappa shape index (κ3) is 3.99. The first-order valence-electron chi connectivity index (χ1n) is 9.93. The number of pyridine rings is 1. The monoisotopic (exact) mass is 397 g/mol. The summed E-state index contributed by atoms with van der Waals surface area (Å²) in [6.07, 6.45) is 0.292. The van der Waals surface area contributed by atoms with Crippen LogP contribution in [0.15, 0.2) is 28.7 Å². The molecule has 0 saturated carbocycles. The number of aromatic hydroxyl groups is 1. The van der Waals surface area contributed by atoms with E-state index in [0.29, 0.717) is 41.5 Å². The van der Waals surface area contributed by atoms with Crippen molar-refractivity contribution in [2.75, 3.05) is 37.3 Å². The Morgan fingerprint density at radius 1 is 1.24 bits per heavy atom. The topological polar surface area (TPSA) is 107 Å². The molecule has 154 valence electrons. The van der Waals surface area contributed by atoms with Gasteiger partial charge in [0.2, 0.25) is 5.65 Å². The maximum absolute atomic E-state index is 10.5. The number of aliphatic hydroxyl groups excluding tert-OH is 1. The average Bonchev–Trinajstić information content (AvgIpc) is 3.08. The van der Waals surface area contributed by atoms with E-state index in [-0.39, 0.29) is 17.9 Å². The SMILES string of the molecule is CCN1CC(Nc2nc3nc(-c4c(C)cc(NC)cc4O)ccc3o2)C[C@H](O)C1. The molecule has 3 aromatic rings. The number of aliphatic hydroxyl groups is 1. The van der Waals surface area contributed by atoms with Gasteiger partial charge in [0.1, 0.15) is 5.75 Å². The van der Waals surface area contributed by atoms with Gasteiger partial charge >= 0.3 is 0 Å². The van der Waals surface area contributed by atoms with Crippen molar-refractivity contribution >= 4 is 22.9 Å². The fraction of sp³-hybridized carbons (Fsp3) is 0.429. The van der Waals surface area contributed by atoms with E-state index in [1.54, 1.807) is 6.07 Å². The molecule has 1 aliphatic heterocycles. The fourth-order valence-electron chi connectivity index (χ4n) is 3.96. The summed E-state index contributed by atoms with van der Waals surface area (Å²) in [6.45, 7) is 6.44. The summed E-state index contributed by atoms with van der Waals surface area (Å²) in [7, 11) is 1.81. The number of aromatic nitrogens is 2. The number of anilines is 2. The number of likely N-dealkylation sites (tertiary alicyclic amines) is 1. The molecule has 8 nitrogen and oxygen atoms in total. The molecule has 4 N–H and O–H groups in total. The number of piperidine rings is 1. The van der Waals surface area contributed by atoms with E-state index in [9.17, 15) is 10.2 Å². The number of hydrogen-bond acceptors (Lipinski definition) is 8. The summed E-state index contributed by atoms with van der Waals surface area (Å²) < 4.78 is 5.81. The summed E-state index contributed by atoms with van der Waals surface area (Å²) in [5.41, 5.74) is 4.12. The molecule has 1 unspecified atom stereocenters. The molecule has 0 spiro atoms. The molecule has 0 bridgehead atoms. The van der Waals surface area contributed by atoms with E-state index in [1.165, 1.54) is 0 Å². The van der Waals surface area contributed by atoms with Crippen LogP contribution in [0.4, 0.5) is 11.7 Å². The summed E-state index contributed by atoms with van der Waals surface area (Å²) in [5, 5.41) is 26.9. The summed E-state index contributed by atoms with van der Waals surface area (Å²) >= 11 is 0. The van der Waals surface area contributed by atoms with Crippen LogP contribution in [0.3, 0.4) is 0 Å². The highest BCUT2D eigenvalue weighted by atomic mass is 16.4. The van der Waals surface area contributed by atoms with Gasteiger partial charge < -0.3 is 25.3 Å². The number of aryl methyl sites for hydroxylation is 1. The highest BCUT2D eigenvalue weighted by Gasteiger charge is 2.26. The molecule has 8 heteroatoms. The predicted octanol–water partition coefficient (Wildman–Crippen LogP) is 2.81. The smallest absolute Gasteiger partial charge is 0.297 e. The number of rotatable bonds is 5. The van der Waals surface area contributed by atoms with Crippen LogP contribution >= 0.6 is 0 Å². The lowest BCUT2D eigenvalue weighted by Crippen LogP contribution is -2.48. The first-order valence-corrected chi connectivity index (χ1v) is 9.93. The Bertz CT molecular complexity index is 996. The fourth-order valence-corrected chi connectivity index (χ4v) is 3.96. The second kappa shape index (κ2) is 7.88. The number of fused-ring (bicyclic) bond motifs is 1. The van der Waals surface area contributed by atoms with Gasteiger partial charge in [-0.15, -0.1) is 0 Å². The molecule has 0 aliphatic carbocycles. The highest BCUT2D eigenvalue weighted by Crippen LogP contribution is 2.35. The Morgan fingerprint density at radius 2 is 2.07 bits per heavy atom. The molecule has 3 heterocycles. The van der Waals surface area contributed by atoms with Gasteiger partial charge in [0.05, 0.1) is 11.8 Å². The van der Waals surface area contributed by atoms with Crippen LogP contribution in [0.25, 0.3) is 22.5 Å². The normalized spacial score (nSPS) is 20.1. The number of benzene rings is 1. The van der Waals surface area contributed by atoms with Crippen molar-refractivity contribution in [3.05, 3.63) is 29.8 Å². The van der Waals surface area contributed by atoms with Crippen LogP contribution in [0.5, 0.6) is 5.75 Å². The van der Waals surface area contributed by atoms with E-state index in [4.69, 9.17) is 4.42 Å². The number of phenolic OH excluding ortho intramolecular Hbond substituents is 1. The second-order valence-corrected chi connectivity index (χ2v) is 7.56. The maximum Gasteiger partial charge on any atom is 0.297 e. The lowest BCUT2D eigenvalue weighted by molar-refractivity contribution is 0.0667. The Hall–Kier alpha value is -2.84. The number of nitrogens with one attached hydrogen (secondary N) is 2. The van der Waals surface area contributed by atoms with Gasteiger partial charge in [-0.25, -0.2) is 4.98 Å². The zero-order valence-corrected chi connectivity index (χ0v) is 16.9. The van der Waals surface area contributed by atoms with Gasteiger partial charge in [0, 0.05) is 43.5 Å². The first-order chi connectivity index (χ1) is 14.0. The minimum Gasteiger partial charge on any atom is -0.507 e. The molecule has 1 fully saturated rings. The van der Waals surface area contributed by atoms with E-state index in [2.05, 4.69) is 32.4 Å². The molecule has 29 heavy (non-hydrogen) atoms. The van der Waals surface area contributed by atoms with Crippen molar-refractivity contribution in [3.63, 3.8) is 0 Å². The largest absolute Gasteiger partial charge is 0.507 e. The molecule has 1 saturated heterocycles. The van der Waals surface area contributed by atoms with Crippen LogP contribution < -0.4 is 10.6 Å². The van der Waals surface area contributed by atoms with Crippen LogP contribution in [0.2, 0.25) is 0 Å². The van der Waals surface area contributed by atoms with Gasteiger partial charge in [-0.3, -0.25) is 4.90 Å². The summed E-state index contributed by atoms with van der Waals surface area (Å²) in [5.74, 6) is 0.166. The van der Waals surface area contributed by atoms with E-state index in [0.717, 1.165) is 24.3 Å². The van der Waals surface area contributed by atoms with Crippen LogP contribution in [-0.4, -0.2) is 63.9 Å². The molecule has 2 atom stereocenters. The van der Waals surface area contributed by atoms with Crippen LogP contribution in [0, 0.1) is 6.92 Å². The highest BCUT2D eigenvalue weighted by molar-refractivity contribution is 5.79. The maximum atomic E-state index is 10.5.